The maximum atomic E-state index is 13.5. The number of benzene rings is 2. The van der Waals surface area contributed by atoms with Crippen LogP contribution >= 0.6 is 0 Å². The van der Waals surface area contributed by atoms with Crippen molar-refractivity contribution in [1.29, 1.82) is 0 Å². The van der Waals surface area contributed by atoms with Crippen LogP contribution in [0.15, 0.2) is 42.5 Å². The van der Waals surface area contributed by atoms with Crippen LogP contribution in [-0.2, 0) is 23.8 Å². The zero-order valence-corrected chi connectivity index (χ0v) is 23.6. The highest BCUT2D eigenvalue weighted by Gasteiger charge is 2.41. The van der Waals surface area contributed by atoms with E-state index in [1.165, 1.54) is 7.11 Å². The molecule has 0 bridgehead atoms. The van der Waals surface area contributed by atoms with Gasteiger partial charge in [-0.3, -0.25) is 14.4 Å². The zero-order valence-electron chi connectivity index (χ0n) is 23.6. The number of rotatable bonds is 17. The normalized spacial score (nSPS) is 16.0. The van der Waals surface area contributed by atoms with E-state index >= 15 is 0 Å². The number of hydrogen-bond acceptors (Lipinski definition) is 9. The molecule has 1 aliphatic rings. The van der Waals surface area contributed by atoms with Crippen molar-refractivity contribution in [3.05, 3.63) is 53.6 Å². The number of unbranched alkanes of at least 4 members (excludes halogenated alkanes) is 3. The smallest absolute Gasteiger partial charge is 0.306 e. The predicted molar refractivity (Wildman–Crippen MR) is 148 cm³/mol. The van der Waals surface area contributed by atoms with Gasteiger partial charge in [-0.15, -0.1) is 0 Å². The molecule has 2 aromatic carbocycles. The molecule has 3 rings (SSSR count). The topological polar surface area (TPSA) is 107 Å². The molecule has 2 unspecified atom stereocenters. The number of para-hydroxylation sites is 1. The minimum atomic E-state index is -1.19. The first-order valence-corrected chi connectivity index (χ1v) is 14.0. The van der Waals surface area contributed by atoms with Crippen molar-refractivity contribution in [2.45, 2.75) is 77.4 Å². The van der Waals surface area contributed by atoms with Crippen molar-refractivity contribution in [1.82, 2.24) is 0 Å². The van der Waals surface area contributed by atoms with Gasteiger partial charge in [0.2, 0.25) is 11.9 Å². The summed E-state index contributed by atoms with van der Waals surface area (Å²) in [6, 6.07) is 12.1. The Hall–Kier alpha value is -3.59. The van der Waals surface area contributed by atoms with Gasteiger partial charge < -0.3 is 28.4 Å². The number of carbonyl (C=O) groups excluding carboxylic acids is 3. The van der Waals surface area contributed by atoms with Crippen LogP contribution in [0.3, 0.4) is 0 Å². The van der Waals surface area contributed by atoms with Gasteiger partial charge in [-0.25, -0.2) is 0 Å². The summed E-state index contributed by atoms with van der Waals surface area (Å²) >= 11 is 0. The van der Waals surface area contributed by atoms with E-state index in [1.54, 1.807) is 42.5 Å². The van der Waals surface area contributed by atoms with Gasteiger partial charge in [-0.1, -0.05) is 44.9 Å². The standard InChI is InChI=1S/C31H40O9/c1-4-6-18-36-25-17-16-22(20-26(25)38-21-35-3)30-31(29(34)23-12-8-9-13-24(23)39-30)40-28(33)15-11-10-14-27(32)37-19-7-5-2/h8-9,12-13,16-17,20,30-31H,4-7,10-11,14-15,18-19,21H2,1-3H3. The second kappa shape index (κ2) is 16.5. The fraction of sp³-hybridized carbons (Fsp3) is 0.516. The average Bonchev–Trinajstić information content (AvgIpc) is 2.96. The van der Waals surface area contributed by atoms with Crippen molar-refractivity contribution in [3.8, 4) is 17.2 Å². The highest BCUT2D eigenvalue weighted by molar-refractivity contribution is 6.04. The van der Waals surface area contributed by atoms with Gasteiger partial charge in [0.05, 0.1) is 18.8 Å². The Kier molecular flexibility index (Phi) is 12.8. The van der Waals surface area contributed by atoms with Crippen LogP contribution in [0.5, 0.6) is 17.2 Å². The maximum absolute atomic E-state index is 13.5. The largest absolute Gasteiger partial charge is 0.490 e. The Labute approximate surface area is 236 Å². The fourth-order valence-electron chi connectivity index (χ4n) is 4.14. The second-order valence-corrected chi connectivity index (χ2v) is 9.55. The van der Waals surface area contributed by atoms with E-state index in [0.717, 1.165) is 25.7 Å². The summed E-state index contributed by atoms with van der Waals surface area (Å²) in [6.07, 6.45) is 2.78. The van der Waals surface area contributed by atoms with E-state index in [1.807, 2.05) is 6.92 Å². The summed E-state index contributed by atoms with van der Waals surface area (Å²) in [5.74, 6) is 0.222. The van der Waals surface area contributed by atoms with E-state index in [-0.39, 0.29) is 31.4 Å². The Morgan fingerprint density at radius 2 is 1.57 bits per heavy atom. The lowest BCUT2D eigenvalue weighted by Gasteiger charge is -2.32. The van der Waals surface area contributed by atoms with Crippen LogP contribution < -0.4 is 14.2 Å². The molecular weight excluding hydrogens is 516 g/mol. The number of methoxy groups -OCH3 is 1. The highest BCUT2D eigenvalue weighted by atomic mass is 16.7. The second-order valence-electron chi connectivity index (χ2n) is 9.55. The van der Waals surface area contributed by atoms with Crippen LogP contribution in [0.1, 0.15) is 87.2 Å². The first kappa shape index (κ1) is 30.9. The van der Waals surface area contributed by atoms with Gasteiger partial charge in [0.1, 0.15) is 5.75 Å². The van der Waals surface area contributed by atoms with Crippen LogP contribution in [0.4, 0.5) is 0 Å². The molecule has 2 aromatic rings. The van der Waals surface area contributed by atoms with Gasteiger partial charge >= 0.3 is 11.9 Å². The van der Waals surface area contributed by atoms with Gasteiger partial charge in [0.15, 0.2) is 24.4 Å². The molecule has 0 radical (unpaired) electrons. The third-order valence-corrected chi connectivity index (χ3v) is 6.36. The Balaban J connectivity index is 1.73. The summed E-state index contributed by atoms with van der Waals surface area (Å²) in [7, 11) is 1.52. The lowest BCUT2D eigenvalue weighted by atomic mass is 9.93. The fourth-order valence-corrected chi connectivity index (χ4v) is 4.14. The first-order chi connectivity index (χ1) is 19.5. The molecule has 218 valence electrons. The molecule has 0 amide bonds. The van der Waals surface area contributed by atoms with Crippen LogP contribution in [0.2, 0.25) is 0 Å². The summed E-state index contributed by atoms with van der Waals surface area (Å²) in [5.41, 5.74) is 0.936. The van der Waals surface area contributed by atoms with Gasteiger partial charge in [-0.05, 0) is 49.9 Å². The van der Waals surface area contributed by atoms with Crippen LogP contribution in [0.25, 0.3) is 0 Å². The molecule has 40 heavy (non-hydrogen) atoms. The summed E-state index contributed by atoms with van der Waals surface area (Å²) in [6.45, 7) is 5.05. The van der Waals surface area contributed by atoms with Crippen LogP contribution in [0, 0.1) is 0 Å². The van der Waals surface area contributed by atoms with Gasteiger partial charge in [0, 0.05) is 25.5 Å². The van der Waals surface area contributed by atoms with Crippen molar-refractivity contribution < 1.29 is 42.8 Å². The van der Waals surface area contributed by atoms with E-state index < -0.39 is 18.2 Å². The number of ketones is 1. The molecule has 1 aliphatic heterocycles. The van der Waals surface area contributed by atoms with Crippen molar-refractivity contribution in [2.75, 3.05) is 27.1 Å². The molecule has 0 saturated heterocycles. The average molecular weight is 557 g/mol. The molecule has 9 nitrogen and oxygen atoms in total. The number of carbonyl (C=O) groups is 3. The molecule has 0 aliphatic carbocycles. The van der Waals surface area contributed by atoms with E-state index in [4.69, 9.17) is 28.4 Å². The molecule has 0 N–H and O–H groups in total. The quantitative estimate of drug-likeness (QED) is 0.132. The number of Topliss-reactive ketones (excluding diaryl/α,β-unsaturated/α-hetero) is 1. The van der Waals surface area contributed by atoms with Crippen molar-refractivity contribution in [3.63, 3.8) is 0 Å². The zero-order chi connectivity index (χ0) is 28.7. The summed E-state index contributed by atoms with van der Waals surface area (Å²) in [4.78, 5) is 38.1. The Morgan fingerprint density at radius 3 is 2.33 bits per heavy atom. The maximum Gasteiger partial charge on any atom is 0.306 e. The Bertz CT molecular complexity index is 1110. The van der Waals surface area contributed by atoms with Gasteiger partial charge in [-0.2, -0.15) is 0 Å². The third-order valence-electron chi connectivity index (χ3n) is 6.36. The summed E-state index contributed by atoms with van der Waals surface area (Å²) < 4.78 is 33.8. The van der Waals surface area contributed by atoms with Gasteiger partial charge in [0.25, 0.3) is 0 Å². The first-order valence-electron chi connectivity index (χ1n) is 14.0. The highest BCUT2D eigenvalue weighted by Crippen LogP contribution is 2.39. The molecular formula is C31H40O9. The molecule has 0 spiro atoms. The Morgan fingerprint density at radius 1 is 0.850 bits per heavy atom. The summed E-state index contributed by atoms with van der Waals surface area (Å²) in [5, 5.41) is 0. The van der Waals surface area contributed by atoms with E-state index in [2.05, 4.69) is 6.92 Å². The number of hydrogen-bond donors (Lipinski definition) is 0. The predicted octanol–water partition coefficient (Wildman–Crippen LogP) is 5.98. The monoisotopic (exact) mass is 556 g/mol. The van der Waals surface area contributed by atoms with Crippen molar-refractivity contribution >= 4 is 17.7 Å². The van der Waals surface area contributed by atoms with E-state index in [9.17, 15) is 14.4 Å². The third kappa shape index (κ3) is 8.98. The number of fused-ring (bicyclic) bond motifs is 1. The number of ether oxygens (including phenoxy) is 6. The molecule has 1 heterocycles. The minimum Gasteiger partial charge on any atom is -0.490 e. The molecule has 9 heteroatoms. The molecule has 0 saturated carbocycles. The molecule has 0 fully saturated rings. The van der Waals surface area contributed by atoms with Crippen LogP contribution in [-0.4, -0.2) is 50.9 Å². The molecule has 0 aromatic heterocycles. The lowest BCUT2D eigenvalue weighted by molar-refractivity contribution is -0.152. The van der Waals surface area contributed by atoms with Crippen molar-refractivity contribution in [2.24, 2.45) is 0 Å². The SMILES string of the molecule is CCCCOC(=O)CCCCC(=O)OC1C(=O)c2ccccc2OC1c1ccc(OCCCC)c(OCOC)c1. The minimum absolute atomic E-state index is 0.00540. The number of esters is 2. The molecule has 2 atom stereocenters. The van der Waals surface area contributed by atoms with E-state index in [0.29, 0.717) is 54.4 Å². The lowest BCUT2D eigenvalue weighted by Crippen LogP contribution is -2.40.